The van der Waals surface area contributed by atoms with Gasteiger partial charge in [-0.15, -0.1) is 5.10 Å². The molecule has 0 saturated carbocycles. The SMILES string of the molecule is CCOc1ncccc1CNC(=O)c1ccc2c(c1)nnn2CC. The fourth-order valence-electron chi connectivity index (χ4n) is 2.45. The van der Waals surface area contributed by atoms with E-state index in [2.05, 4.69) is 20.6 Å². The number of carbonyl (C=O) groups is 1. The van der Waals surface area contributed by atoms with Gasteiger partial charge in [-0.2, -0.15) is 0 Å². The average molecular weight is 325 g/mol. The van der Waals surface area contributed by atoms with E-state index in [4.69, 9.17) is 4.74 Å². The Balaban J connectivity index is 1.73. The lowest BCUT2D eigenvalue weighted by Gasteiger charge is -2.10. The Bertz CT molecular complexity index is 859. The van der Waals surface area contributed by atoms with E-state index in [1.54, 1.807) is 23.0 Å². The van der Waals surface area contributed by atoms with Crippen molar-refractivity contribution in [3.05, 3.63) is 47.7 Å². The molecule has 2 heterocycles. The number of carbonyl (C=O) groups excluding carboxylic acids is 1. The van der Waals surface area contributed by atoms with Gasteiger partial charge in [0.05, 0.1) is 12.1 Å². The predicted octanol–water partition coefficient (Wildman–Crippen LogP) is 2.17. The van der Waals surface area contributed by atoms with Crippen LogP contribution in [0.5, 0.6) is 5.88 Å². The van der Waals surface area contributed by atoms with Crippen LogP contribution >= 0.6 is 0 Å². The highest BCUT2D eigenvalue weighted by Gasteiger charge is 2.11. The second-order valence-corrected chi connectivity index (χ2v) is 5.19. The van der Waals surface area contributed by atoms with Crippen LogP contribution in [0.1, 0.15) is 29.8 Å². The van der Waals surface area contributed by atoms with Crippen molar-refractivity contribution in [1.29, 1.82) is 0 Å². The Morgan fingerprint density at radius 3 is 2.96 bits per heavy atom. The predicted molar refractivity (Wildman–Crippen MR) is 89.8 cm³/mol. The zero-order valence-corrected chi connectivity index (χ0v) is 13.7. The first-order valence-corrected chi connectivity index (χ1v) is 7.91. The van der Waals surface area contributed by atoms with Gasteiger partial charge in [-0.1, -0.05) is 11.3 Å². The normalized spacial score (nSPS) is 10.8. The number of aryl methyl sites for hydroxylation is 1. The van der Waals surface area contributed by atoms with Gasteiger partial charge in [0.1, 0.15) is 5.52 Å². The first kappa shape index (κ1) is 15.9. The molecule has 7 heteroatoms. The molecule has 0 fully saturated rings. The summed E-state index contributed by atoms with van der Waals surface area (Å²) < 4.78 is 7.26. The summed E-state index contributed by atoms with van der Waals surface area (Å²) in [5, 5.41) is 11.0. The number of ether oxygens (including phenoxy) is 1. The Hall–Kier alpha value is -2.96. The Morgan fingerprint density at radius 2 is 2.17 bits per heavy atom. The fraction of sp³-hybridized carbons (Fsp3) is 0.294. The van der Waals surface area contributed by atoms with E-state index in [1.807, 2.05) is 32.0 Å². The number of hydrogen-bond donors (Lipinski definition) is 1. The minimum Gasteiger partial charge on any atom is -0.478 e. The molecule has 124 valence electrons. The van der Waals surface area contributed by atoms with Gasteiger partial charge in [0.25, 0.3) is 5.91 Å². The summed E-state index contributed by atoms with van der Waals surface area (Å²) in [6.07, 6.45) is 1.67. The minimum absolute atomic E-state index is 0.172. The van der Waals surface area contributed by atoms with Crippen LogP contribution in [0.2, 0.25) is 0 Å². The third kappa shape index (κ3) is 3.19. The number of nitrogens with one attached hydrogen (secondary N) is 1. The molecule has 7 nitrogen and oxygen atoms in total. The smallest absolute Gasteiger partial charge is 0.251 e. The molecule has 0 radical (unpaired) electrons. The molecule has 3 aromatic rings. The second kappa shape index (κ2) is 7.08. The maximum Gasteiger partial charge on any atom is 0.251 e. The van der Waals surface area contributed by atoms with Crippen molar-refractivity contribution >= 4 is 16.9 Å². The van der Waals surface area contributed by atoms with E-state index < -0.39 is 0 Å². The van der Waals surface area contributed by atoms with Crippen molar-refractivity contribution in [1.82, 2.24) is 25.3 Å². The molecule has 0 atom stereocenters. The number of amides is 1. The lowest BCUT2D eigenvalue weighted by Crippen LogP contribution is -2.23. The summed E-state index contributed by atoms with van der Waals surface area (Å²) in [5.41, 5.74) is 3.01. The van der Waals surface area contributed by atoms with Crippen molar-refractivity contribution in [2.45, 2.75) is 26.9 Å². The van der Waals surface area contributed by atoms with Crippen molar-refractivity contribution < 1.29 is 9.53 Å². The van der Waals surface area contributed by atoms with Crippen LogP contribution in [-0.4, -0.2) is 32.5 Å². The summed E-state index contributed by atoms with van der Waals surface area (Å²) in [5.74, 6) is 0.371. The summed E-state index contributed by atoms with van der Waals surface area (Å²) in [6.45, 7) is 5.51. The van der Waals surface area contributed by atoms with Crippen LogP contribution in [-0.2, 0) is 13.1 Å². The number of hydrogen-bond acceptors (Lipinski definition) is 5. The molecule has 2 aromatic heterocycles. The van der Waals surface area contributed by atoms with Crippen molar-refractivity contribution in [3.8, 4) is 5.88 Å². The van der Waals surface area contributed by atoms with Gasteiger partial charge < -0.3 is 10.1 Å². The average Bonchev–Trinajstić information content (AvgIpc) is 3.03. The first-order chi connectivity index (χ1) is 11.7. The topological polar surface area (TPSA) is 81.9 Å². The molecular weight excluding hydrogens is 306 g/mol. The zero-order valence-electron chi connectivity index (χ0n) is 13.7. The second-order valence-electron chi connectivity index (χ2n) is 5.19. The van der Waals surface area contributed by atoms with Gasteiger partial charge in [-0.3, -0.25) is 4.79 Å². The summed E-state index contributed by atoms with van der Waals surface area (Å²) >= 11 is 0. The Kier molecular flexibility index (Phi) is 4.69. The van der Waals surface area contributed by atoms with Gasteiger partial charge in [0.15, 0.2) is 0 Å². The van der Waals surface area contributed by atoms with Gasteiger partial charge in [0, 0.05) is 30.4 Å². The van der Waals surface area contributed by atoms with E-state index in [0.717, 1.165) is 17.6 Å². The highest BCUT2D eigenvalue weighted by Crippen LogP contribution is 2.16. The number of fused-ring (bicyclic) bond motifs is 1. The van der Waals surface area contributed by atoms with Crippen LogP contribution < -0.4 is 10.1 Å². The standard InChI is InChI=1S/C17H19N5O2/c1-3-22-15-8-7-12(10-14(15)20-21-22)16(23)19-11-13-6-5-9-18-17(13)24-4-2/h5-10H,3-4,11H2,1-2H3,(H,19,23). The number of rotatable bonds is 6. The number of aromatic nitrogens is 4. The lowest BCUT2D eigenvalue weighted by molar-refractivity contribution is 0.0950. The van der Waals surface area contributed by atoms with E-state index in [9.17, 15) is 4.79 Å². The molecular formula is C17H19N5O2. The van der Waals surface area contributed by atoms with Gasteiger partial charge in [0.2, 0.25) is 5.88 Å². The zero-order chi connectivity index (χ0) is 16.9. The molecule has 0 unspecified atom stereocenters. The number of benzene rings is 1. The highest BCUT2D eigenvalue weighted by molar-refractivity contribution is 5.97. The van der Waals surface area contributed by atoms with Gasteiger partial charge >= 0.3 is 0 Å². The van der Waals surface area contributed by atoms with Crippen molar-refractivity contribution in [3.63, 3.8) is 0 Å². The Labute approximate surface area is 139 Å². The summed E-state index contributed by atoms with van der Waals surface area (Å²) in [7, 11) is 0. The summed E-state index contributed by atoms with van der Waals surface area (Å²) in [6, 6.07) is 9.09. The van der Waals surface area contributed by atoms with Crippen molar-refractivity contribution in [2.24, 2.45) is 0 Å². The number of nitrogens with zero attached hydrogens (tertiary/aromatic N) is 4. The van der Waals surface area contributed by atoms with Crippen LogP contribution in [0.3, 0.4) is 0 Å². The van der Waals surface area contributed by atoms with Crippen LogP contribution in [0.25, 0.3) is 11.0 Å². The molecule has 1 amide bonds. The van der Waals surface area contributed by atoms with Crippen LogP contribution in [0.4, 0.5) is 0 Å². The van der Waals surface area contributed by atoms with E-state index in [-0.39, 0.29) is 5.91 Å². The van der Waals surface area contributed by atoms with Gasteiger partial charge in [-0.25, -0.2) is 9.67 Å². The third-order valence-corrected chi connectivity index (χ3v) is 3.65. The highest BCUT2D eigenvalue weighted by atomic mass is 16.5. The Morgan fingerprint density at radius 1 is 1.29 bits per heavy atom. The van der Waals surface area contributed by atoms with E-state index in [0.29, 0.717) is 30.1 Å². The third-order valence-electron chi connectivity index (χ3n) is 3.65. The molecule has 0 bridgehead atoms. The monoisotopic (exact) mass is 325 g/mol. The molecule has 0 aliphatic heterocycles. The lowest BCUT2D eigenvalue weighted by atomic mass is 10.1. The largest absolute Gasteiger partial charge is 0.478 e. The maximum absolute atomic E-state index is 12.4. The van der Waals surface area contributed by atoms with E-state index in [1.165, 1.54) is 0 Å². The maximum atomic E-state index is 12.4. The molecule has 1 aromatic carbocycles. The molecule has 0 aliphatic carbocycles. The van der Waals surface area contributed by atoms with Gasteiger partial charge in [-0.05, 0) is 38.1 Å². The molecule has 0 saturated heterocycles. The fourth-order valence-corrected chi connectivity index (χ4v) is 2.45. The molecule has 1 N–H and O–H groups in total. The molecule has 3 rings (SSSR count). The van der Waals surface area contributed by atoms with Crippen molar-refractivity contribution in [2.75, 3.05) is 6.61 Å². The molecule has 24 heavy (non-hydrogen) atoms. The molecule has 0 aliphatic rings. The minimum atomic E-state index is -0.172. The quantitative estimate of drug-likeness (QED) is 0.751. The summed E-state index contributed by atoms with van der Waals surface area (Å²) in [4.78, 5) is 16.6. The van der Waals surface area contributed by atoms with Crippen LogP contribution in [0, 0.1) is 0 Å². The molecule has 0 spiro atoms. The van der Waals surface area contributed by atoms with Crippen LogP contribution in [0.15, 0.2) is 36.5 Å². The number of pyridine rings is 1. The first-order valence-electron chi connectivity index (χ1n) is 7.91. The van der Waals surface area contributed by atoms with E-state index >= 15 is 0 Å².